The Labute approximate surface area is 238 Å². The molecule has 3 amide bonds. The second-order valence-electron chi connectivity index (χ2n) is 8.68. The van der Waals surface area contributed by atoms with Crippen molar-refractivity contribution in [3.05, 3.63) is 86.4 Å². The fourth-order valence-electron chi connectivity index (χ4n) is 4.09. The Bertz CT molecular complexity index is 1410. The number of amides is 3. The molecule has 3 aromatic rings. The maximum Gasteiger partial charge on any atom is 0.257 e. The summed E-state index contributed by atoms with van der Waals surface area (Å²) in [4.78, 5) is 37.3. The summed E-state index contributed by atoms with van der Waals surface area (Å²) in [6.07, 6.45) is 0. The standard InChI is InChI=1S/C26H20Cl5N3O3/c1-12-7-17(32-13(2)35)4-6-21(12)34-24(36)19-11-18(3-5-20(19)29)33-25(37)23-22(26(23,30)31)14-8-15(27)10-16(28)9-14/h3-11,22-23H,1-2H3,(H,32,35)(H,33,37)(H,34,36)/t22-,23+/m1/s1. The SMILES string of the molecule is CC(=O)Nc1ccc(NC(=O)c2cc(NC(=O)[C@@H]3[C@@H](c4cc(Cl)cc(Cl)c4)C3(Cl)Cl)ccc2Cl)c(C)c1. The van der Waals surface area contributed by atoms with E-state index in [-0.39, 0.29) is 16.5 Å². The van der Waals surface area contributed by atoms with Crippen molar-refractivity contribution < 1.29 is 14.4 Å². The summed E-state index contributed by atoms with van der Waals surface area (Å²) in [6, 6.07) is 14.5. The van der Waals surface area contributed by atoms with Crippen LogP contribution in [0.15, 0.2) is 54.6 Å². The van der Waals surface area contributed by atoms with Gasteiger partial charge in [0, 0.05) is 39.9 Å². The Kier molecular flexibility index (Phi) is 7.98. The van der Waals surface area contributed by atoms with E-state index in [1.165, 1.54) is 19.1 Å². The van der Waals surface area contributed by atoms with Crippen LogP contribution in [0.25, 0.3) is 0 Å². The van der Waals surface area contributed by atoms with E-state index < -0.39 is 28.0 Å². The third-order valence-electron chi connectivity index (χ3n) is 5.85. The van der Waals surface area contributed by atoms with E-state index in [2.05, 4.69) is 16.0 Å². The molecule has 2 atom stereocenters. The molecule has 0 radical (unpaired) electrons. The highest BCUT2D eigenvalue weighted by Crippen LogP contribution is 2.65. The van der Waals surface area contributed by atoms with Gasteiger partial charge in [0.25, 0.3) is 5.91 Å². The Morgan fingerprint density at radius 3 is 2.05 bits per heavy atom. The normalized spacial score (nSPS) is 17.6. The van der Waals surface area contributed by atoms with E-state index in [4.69, 9.17) is 58.0 Å². The summed E-state index contributed by atoms with van der Waals surface area (Å²) in [6.45, 7) is 3.21. The van der Waals surface area contributed by atoms with Gasteiger partial charge in [0.1, 0.15) is 4.33 Å². The van der Waals surface area contributed by atoms with Crippen LogP contribution < -0.4 is 16.0 Å². The van der Waals surface area contributed by atoms with Gasteiger partial charge in [-0.2, -0.15) is 0 Å². The molecule has 1 aliphatic carbocycles. The predicted molar refractivity (Wildman–Crippen MR) is 151 cm³/mol. The van der Waals surface area contributed by atoms with Crippen LogP contribution >= 0.6 is 58.0 Å². The topological polar surface area (TPSA) is 87.3 Å². The van der Waals surface area contributed by atoms with Crippen LogP contribution in [0.1, 0.15) is 34.3 Å². The maximum absolute atomic E-state index is 13.0. The smallest absolute Gasteiger partial charge is 0.257 e. The van der Waals surface area contributed by atoms with Gasteiger partial charge >= 0.3 is 0 Å². The first-order chi connectivity index (χ1) is 17.4. The first-order valence-electron chi connectivity index (χ1n) is 11.0. The van der Waals surface area contributed by atoms with Crippen molar-refractivity contribution in [2.75, 3.05) is 16.0 Å². The molecular weight excluding hydrogens is 580 g/mol. The van der Waals surface area contributed by atoms with Crippen molar-refractivity contribution in [3.63, 3.8) is 0 Å². The summed E-state index contributed by atoms with van der Waals surface area (Å²) in [5.41, 5.74) is 3.04. The van der Waals surface area contributed by atoms with E-state index in [9.17, 15) is 14.4 Å². The molecule has 0 heterocycles. The van der Waals surface area contributed by atoms with Gasteiger partial charge in [0.15, 0.2) is 0 Å². The minimum Gasteiger partial charge on any atom is -0.326 e. The molecule has 37 heavy (non-hydrogen) atoms. The van der Waals surface area contributed by atoms with Gasteiger partial charge in [-0.15, -0.1) is 23.2 Å². The Morgan fingerprint density at radius 2 is 1.43 bits per heavy atom. The molecule has 0 bridgehead atoms. The zero-order chi connectivity index (χ0) is 27.1. The minimum atomic E-state index is -1.34. The van der Waals surface area contributed by atoms with Crippen LogP contribution in [0.2, 0.25) is 15.1 Å². The largest absolute Gasteiger partial charge is 0.326 e. The van der Waals surface area contributed by atoms with Crippen LogP contribution in [-0.4, -0.2) is 22.1 Å². The highest BCUT2D eigenvalue weighted by molar-refractivity contribution is 6.53. The van der Waals surface area contributed by atoms with Gasteiger partial charge in [0.05, 0.1) is 16.5 Å². The van der Waals surface area contributed by atoms with E-state index in [0.717, 1.165) is 5.56 Å². The number of rotatable bonds is 6. The molecule has 1 saturated carbocycles. The lowest BCUT2D eigenvalue weighted by Gasteiger charge is -2.13. The van der Waals surface area contributed by atoms with Crippen molar-refractivity contribution in [1.82, 2.24) is 0 Å². The average molecular weight is 600 g/mol. The summed E-state index contributed by atoms with van der Waals surface area (Å²) < 4.78 is -1.34. The molecule has 11 heteroatoms. The molecule has 3 aromatic carbocycles. The molecule has 0 aromatic heterocycles. The van der Waals surface area contributed by atoms with Gasteiger partial charge in [0.2, 0.25) is 11.8 Å². The van der Waals surface area contributed by atoms with Gasteiger partial charge in [-0.05, 0) is 72.6 Å². The number of benzene rings is 3. The third kappa shape index (κ3) is 6.16. The van der Waals surface area contributed by atoms with Crippen LogP contribution in [-0.2, 0) is 9.59 Å². The van der Waals surface area contributed by atoms with Crippen molar-refractivity contribution >= 4 is 92.8 Å². The second kappa shape index (κ2) is 10.7. The quantitative estimate of drug-likeness (QED) is 0.254. The lowest BCUT2D eigenvalue weighted by molar-refractivity contribution is -0.117. The van der Waals surface area contributed by atoms with Crippen molar-refractivity contribution in [2.45, 2.75) is 24.1 Å². The molecule has 1 aliphatic rings. The van der Waals surface area contributed by atoms with Crippen LogP contribution in [0.3, 0.4) is 0 Å². The fraction of sp³-hybridized carbons (Fsp3) is 0.192. The number of carbonyl (C=O) groups excluding carboxylic acids is 3. The molecule has 0 spiro atoms. The number of alkyl halides is 2. The van der Waals surface area contributed by atoms with E-state index >= 15 is 0 Å². The molecule has 0 aliphatic heterocycles. The Hall–Kier alpha value is -2.48. The van der Waals surface area contributed by atoms with E-state index in [1.807, 2.05) is 0 Å². The Balaban J connectivity index is 1.49. The van der Waals surface area contributed by atoms with Gasteiger partial charge in [-0.25, -0.2) is 0 Å². The third-order valence-corrected chi connectivity index (χ3v) is 7.56. The number of carbonyl (C=O) groups is 3. The first-order valence-corrected chi connectivity index (χ1v) is 12.9. The molecular formula is C26H20Cl5N3O3. The summed E-state index contributed by atoms with van der Waals surface area (Å²) in [5.74, 6) is -2.37. The van der Waals surface area contributed by atoms with Crippen molar-refractivity contribution in [2.24, 2.45) is 5.92 Å². The number of hydrogen-bond acceptors (Lipinski definition) is 3. The number of nitrogens with one attached hydrogen (secondary N) is 3. The number of halogens is 5. The van der Waals surface area contributed by atoms with Gasteiger partial charge in [-0.3, -0.25) is 14.4 Å². The van der Waals surface area contributed by atoms with Crippen LogP contribution in [0, 0.1) is 12.8 Å². The van der Waals surface area contributed by atoms with Crippen molar-refractivity contribution in [1.29, 1.82) is 0 Å². The number of hydrogen-bond donors (Lipinski definition) is 3. The van der Waals surface area contributed by atoms with Crippen LogP contribution in [0.5, 0.6) is 0 Å². The minimum absolute atomic E-state index is 0.154. The van der Waals surface area contributed by atoms with Crippen LogP contribution in [0.4, 0.5) is 17.1 Å². The zero-order valence-electron chi connectivity index (χ0n) is 19.5. The van der Waals surface area contributed by atoms with E-state index in [0.29, 0.717) is 32.7 Å². The van der Waals surface area contributed by atoms with Gasteiger partial charge in [-0.1, -0.05) is 34.8 Å². The summed E-state index contributed by atoms with van der Waals surface area (Å²) in [5, 5.41) is 9.26. The first kappa shape index (κ1) is 27.6. The zero-order valence-corrected chi connectivity index (χ0v) is 23.2. The second-order valence-corrected chi connectivity index (χ2v) is 11.4. The predicted octanol–water partition coefficient (Wildman–Crippen LogP) is 7.69. The number of aryl methyl sites for hydroxylation is 1. The van der Waals surface area contributed by atoms with Gasteiger partial charge < -0.3 is 16.0 Å². The molecule has 0 saturated heterocycles. The molecule has 4 rings (SSSR count). The molecule has 1 fully saturated rings. The summed E-state index contributed by atoms with van der Waals surface area (Å²) >= 11 is 31.3. The molecule has 3 N–H and O–H groups in total. The van der Waals surface area contributed by atoms with E-state index in [1.54, 1.807) is 49.4 Å². The Morgan fingerprint density at radius 1 is 0.811 bits per heavy atom. The highest BCUT2D eigenvalue weighted by atomic mass is 35.5. The molecule has 0 unspecified atom stereocenters. The van der Waals surface area contributed by atoms with Crippen molar-refractivity contribution in [3.8, 4) is 0 Å². The highest BCUT2D eigenvalue weighted by Gasteiger charge is 2.67. The lowest BCUT2D eigenvalue weighted by atomic mass is 10.1. The summed E-state index contributed by atoms with van der Waals surface area (Å²) in [7, 11) is 0. The lowest BCUT2D eigenvalue weighted by Crippen LogP contribution is -2.18. The molecule has 6 nitrogen and oxygen atoms in total. The maximum atomic E-state index is 13.0. The molecule has 192 valence electrons. The monoisotopic (exact) mass is 597 g/mol. The average Bonchev–Trinajstić information content (AvgIpc) is 3.38. The number of anilines is 3. The fourth-order valence-corrected chi connectivity index (χ4v) is 5.67.